The van der Waals surface area contributed by atoms with Crippen molar-refractivity contribution in [2.75, 3.05) is 45.2 Å². The monoisotopic (exact) mass is 409 g/mol. The van der Waals surface area contributed by atoms with Crippen LogP contribution in [0.4, 0.5) is 5.82 Å². The number of piperazine rings is 1. The van der Waals surface area contributed by atoms with Gasteiger partial charge in [-0.1, -0.05) is 6.07 Å². The summed E-state index contributed by atoms with van der Waals surface area (Å²) in [5, 5.41) is 3.22. The predicted molar refractivity (Wildman–Crippen MR) is 114 cm³/mol. The Kier molecular flexibility index (Phi) is 5.19. The molecule has 2 aliphatic heterocycles. The molecule has 30 heavy (non-hydrogen) atoms. The Morgan fingerprint density at radius 1 is 1.17 bits per heavy atom. The van der Waals surface area contributed by atoms with Crippen LogP contribution in [-0.2, 0) is 9.59 Å². The normalized spacial score (nSPS) is 18.4. The van der Waals surface area contributed by atoms with Gasteiger partial charge in [-0.3, -0.25) is 14.2 Å². The summed E-state index contributed by atoms with van der Waals surface area (Å²) in [7, 11) is 3.47. The van der Waals surface area contributed by atoms with E-state index in [4.69, 9.17) is 4.98 Å². The molecule has 0 aliphatic carbocycles. The largest absolute Gasteiger partial charge is 0.370 e. The molecule has 2 aromatic rings. The molecule has 0 saturated carbocycles. The smallest absolute Gasteiger partial charge is 0.270 e. The first-order valence-corrected chi connectivity index (χ1v) is 10.1. The van der Waals surface area contributed by atoms with E-state index in [9.17, 15) is 9.59 Å². The minimum Gasteiger partial charge on any atom is -0.370 e. The second-order valence-electron chi connectivity index (χ2n) is 7.85. The Labute approximate surface area is 176 Å². The second-order valence-corrected chi connectivity index (χ2v) is 7.85. The molecule has 1 unspecified atom stereocenters. The van der Waals surface area contributed by atoms with E-state index < -0.39 is 0 Å². The molecule has 2 aliphatic rings. The van der Waals surface area contributed by atoms with Crippen LogP contribution in [0.2, 0.25) is 0 Å². The van der Waals surface area contributed by atoms with E-state index >= 15 is 0 Å². The molecular weight excluding hydrogens is 382 g/mol. The van der Waals surface area contributed by atoms with Crippen molar-refractivity contribution in [1.82, 2.24) is 29.7 Å². The number of carbonyl (C=O) groups is 2. The highest BCUT2D eigenvalue weighted by Gasteiger charge is 2.26. The number of fused-ring (bicyclic) bond motifs is 1. The van der Waals surface area contributed by atoms with E-state index in [0.717, 1.165) is 36.1 Å². The predicted octanol–water partition coefficient (Wildman–Crippen LogP) is 1.16. The van der Waals surface area contributed by atoms with Gasteiger partial charge < -0.3 is 20.0 Å². The van der Waals surface area contributed by atoms with Gasteiger partial charge in [0.15, 0.2) is 0 Å². The van der Waals surface area contributed by atoms with Gasteiger partial charge in [-0.25, -0.2) is 9.97 Å². The standard InChI is InChI=1S/C21H27N7O2/c1-14-20-22-12-18(28(20)13-17(23-14)21(30)25(3)4)16-6-5-7-19(24-16)27-10-8-26(9-11-27)15(2)29/h5-7,12-14,23H,8-11H2,1-4H3. The van der Waals surface area contributed by atoms with Crippen LogP contribution in [0.25, 0.3) is 17.6 Å². The van der Waals surface area contributed by atoms with Crippen LogP contribution in [0, 0.1) is 0 Å². The average molecular weight is 409 g/mol. The van der Waals surface area contributed by atoms with Crippen molar-refractivity contribution in [1.29, 1.82) is 0 Å². The fourth-order valence-corrected chi connectivity index (χ4v) is 3.84. The zero-order valence-electron chi connectivity index (χ0n) is 17.8. The molecule has 0 aromatic carbocycles. The highest BCUT2D eigenvalue weighted by molar-refractivity contribution is 5.96. The number of likely N-dealkylation sites (N-methyl/N-ethyl adjacent to an activating group) is 1. The third-order valence-corrected chi connectivity index (χ3v) is 5.53. The van der Waals surface area contributed by atoms with Crippen molar-refractivity contribution in [3.05, 3.63) is 35.9 Å². The molecule has 158 valence electrons. The van der Waals surface area contributed by atoms with E-state index in [1.54, 1.807) is 38.3 Å². The molecule has 0 spiro atoms. The van der Waals surface area contributed by atoms with Gasteiger partial charge in [0.2, 0.25) is 5.91 Å². The summed E-state index contributed by atoms with van der Waals surface area (Å²) in [5.41, 5.74) is 2.16. The average Bonchev–Trinajstić information content (AvgIpc) is 3.18. The van der Waals surface area contributed by atoms with Crippen molar-refractivity contribution in [3.8, 4) is 11.4 Å². The van der Waals surface area contributed by atoms with Crippen molar-refractivity contribution in [2.24, 2.45) is 0 Å². The van der Waals surface area contributed by atoms with Crippen LogP contribution < -0.4 is 10.2 Å². The Balaban J connectivity index is 1.64. The van der Waals surface area contributed by atoms with E-state index in [1.807, 2.05) is 34.6 Å². The first kappa shape index (κ1) is 19.9. The van der Waals surface area contributed by atoms with Crippen LogP contribution in [-0.4, -0.2) is 76.4 Å². The zero-order chi connectivity index (χ0) is 21.4. The lowest BCUT2D eigenvalue weighted by atomic mass is 10.2. The fraction of sp³-hybridized carbons (Fsp3) is 0.429. The molecule has 1 atom stereocenters. The summed E-state index contributed by atoms with van der Waals surface area (Å²) in [4.78, 5) is 39.1. The minimum absolute atomic E-state index is 0.0859. The van der Waals surface area contributed by atoms with E-state index in [-0.39, 0.29) is 17.9 Å². The molecule has 0 bridgehead atoms. The number of hydrogen-bond donors (Lipinski definition) is 1. The number of nitrogens with one attached hydrogen (secondary N) is 1. The van der Waals surface area contributed by atoms with Gasteiger partial charge in [0.05, 0.1) is 23.6 Å². The highest BCUT2D eigenvalue weighted by Crippen LogP contribution is 2.28. The van der Waals surface area contributed by atoms with E-state index in [0.29, 0.717) is 18.8 Å². The lowest BCUT2D eigenvalue weighted by Crippen LogP contribution is -2.48. The maximum absolute atomic E-state index is 12.5. The highest BCUT2D eigenvalue weighted by atomic mass is 16.2. The number of aromatic nitrogens is 3. The molecule has 2 aromatic heterocycles. The van der Waals surface area contributed by atoms with Gasteiger partial charge in [0, 0.05) is 53.4 Å². The number of pyridine rings is 1. The fourth-order valence-electron chi connectivity index (χ4n) is 3.84. The quantitative estimate of drug-likeness (QED) is 0.819. The van der Waals surface area contributed by atoms with E-state index in [2.05, 4.69) is 15.2 Å². The van der Waals surface area contributed by atoms with Crippen molar-refractivity contribution < 1.29 is 9.59 Å². The minimum atomic E-state index is -0.0921. The van der Waals surface area contributed by atoms with Gasteiger partial charge >= 0.3 is 0 Å². The molecule has 4 heterocycles. The summed E-state index contributed by atoms with van der Waals surface area (Å²) in [6, 6.07) is 5.83. The van der Waals surface area contributed by atoms with Crippen LogP contribution in [0.3, 0.4) is 0 Å². The first-order valence-electron chi connectivity index (χ1n) is 10.1. The van der Waals surface area contributed by atoms with Crippen molar-refractivity contribution in [2.45, 2.75) is 19.9 Å². The zero-order valence-corrected chi connectivity index (χ0v) is 17.8. The van der Waals surface area contributed by atoms with Crippen molar-refractivity contribution >= 4 is 23.8 Å². The maximum Gasteiger partial charge on any atom is 0.270 e. The summed E-state index contributed by atoms with van der Waals surface area (Å²) in [5.74, 6) is 1.74. The number of hydrogen-bond acceptors (Lipinski definition) is 6. The molecule has 1 N–H and O–H groups in total. The summed E-state index contributed by atoms with van der Waals surface area (Å²) < 4.78 is 1.94. The number of anilines is 1. The van der Waals surface area contributed by atoms with Gasteiger partial charge in [0.25, 0.3) is 5.91 Å². The molecule has 1 saturated heterocycles. The van der Waals surface area contributed by atoms with Gasteiger partial charge in [0.1, 0.15) is 17.3 Å². The molecule has 0 radical (unpaired) electrons. The Morgan fingerprint density at radius 2 is 1.90 bits per heavy atom. The Hall–Kier alpha value is -3.36. The van der Waals surface area contributed by atoms with E-state index in [1.165, 1.54) is 0 Å². The molecule has 2 amide bonds. The first-order chi connectivity index (χ1) is 14.3. The molecule has 9 heteroatoms. The second kappa shape index (κ2) is 7.81. The number of nitrogens with zero attached hydrogens (tertiary/aromatic N) is 6. The Bertz CT molecular complexity index is 1000. The van der Waals surface area contributed by atoms with Gasteiger partial charge in [-0.05, 0) is 19.1 Å². The third kappa shape index (κ3) is 3.62. The van der Waals surface area contributed by atoms with Crippen LogP contribution in [0.5, 0.6) is 0 Å². The maximum atomic E-state index is 12.5. The number of amides is 2. The number of rotatable bonds is 3. The number of imidazole rings is 1. The van der Waals surface area contributed by atoms with Gasteiger partial charge in [-0.15, -0.1) is 0 Å². The SMILES string of the molecule is CC(=O)N1CCN(c2cccc(-c3cnc4n3C=C(C(=O)N(C)C)NC4C)n2)CC1. The van der Waals surface area contributed by atoms with Crippen LogP contribution in [0.15, 0.2) is 30.1 Å². The molecular formula is C21H27N7O2. The lowest BCUT2D eigenvalue weighted by molar-refractivity contribution is -0.129. The third-order valence-electron chi connectivity index (χ3n) is 5.53. The molecule has 4 rings (SSSR count). The molecule has 1 fully saturated rings. The Morgan fingerprint density at radius 3 is 2.57 bits per heavy atom. The summed E-state index contributed by atoms with van der Waals surface area (Å²) >= 11 is 0. The summed E-state index contributed by atoms with van der Waals surface area (Å²) in [6.45, 7) is 6.50. The topological polar surface area (TPSA) is 86.6 Å². The van der Waals surface area contributed by atoms with Gasteiger partial charge in [-0.2, -0.15) is 0 Å². The van der Waals surface area contributed by atoms with Crippen LogP contribution >= 0.6 is 0 Å². The number of carbonyl (C=O) groups excluding carboxylic acids is 2. The summed E-state index contributed by atoms with van der Waals surface area (Å²) in [6.07, 6.45) is 3.59. The van der Waals surface area contributed by atoms with Crippen LogP contribution in [0.1, 0.15) is 25.7 Å². The lowest BCUT2D eigenvalue weighted by Gasteiger charge is -2.35. The molecule has 9 nitrogen and oxygen atoms in total. The van der Waals surface area contributed by atoms with Crippen molar-refractivity contribution in [3.63, 3.8) is 0 Å².